The fraction of sp³-hybridized carbons (Fsp3) is 0.111. The minimum Gasteiger partial charge on any atom is -0.465 e. The number of amides is 1. The minimum atomic E-state index is -0.416. The van der Waals surface area contributed by atoms with Gasteiger partial charge in [-0.05, 0) is 36.4 Å². The summed E-state index contributed by atoms with van der Waals surface area (Å²) in [6, 6.07) is 16.6. The Morgan fingerprint density at radius 3 is 2.35 bits per heavy atom. The molecule has 1 aromatic carbocycles. The molecule has 23 heavy (non-hydrogen) atoms. The normalized spacial score (nSPS) is 10.5. The van der Waals surface area contributed by atoms with Gasteiger partial charge in [-0.1, -0.05) is 18.2 Å². The van der Waals surface area contributed by atoms with E-state index in [-0.39, 0.29) is 5.91 Å². The Bertz CT molecular complexity index is 868. The Morgan fingerprint density at radius 2 is 1.70 bits per heavy atom. The summed E-state index contributed by atoms with van der Waals surface area (Å²) in [6.07, 6.45) is 1.68. The average Bonchev–Trinajstić information content (AvgIpc) is 2.98. The molecule has 5 heteroatoms. The van der Waals surface area contributed by atoms with E-state index in [9.17, 15) is 9.59 Å². The molecule has 0 aliphatic carbocycles. The number of para-hydroxylation sites is 1. The number of ether oxygens (including phenoxy) is 1. The van der Waals surface area contributed by atoms with E-state index in [1.165, 1.54) is 14.0 Å². The lowest BCUT2D eigenvalue weighted by atomic mass is 10.2. The van der Waals surface area contributed by atoms with Crippen LogP contribution < -0.4 is 4.90 Å². The van der Waals surface area contributed by atoms with Gasteiger partial charge < -0.3 is 9.14 Å². The second-order valence-corrected chi connectivity index (χ2v) is 5.09. The summed E-state index contributed by atoms with van der Waals surface area (Å²) in [5.74, 6) is 0.143. The van der Waals surface area contributed by atoms with Crippen LogP contribution in [-0.4, -0.2) is 23.4 Å². The molecular formula is C18H16N2O3. The summed E-state index contributed by atoms with van der Waals surface area (Å²) in [4.78, 5) is 25.5. The van der Waals surface area contributed by atoms with Crippen molar-refractivity contribution < 1.29 is 14.3 Å². The van der Waals surface area contributed by atoms with E-state index in [0.29, 0.717) is 11.4 Å². The van der Waals surface area contributed by atoms with Crippen LogP contribution in [0, 0.1) is 0 Å². The van der Waals surface area contributed by atoms with Gasteiger partial charge in [-0.25, -0.2) is 4.79 Å². The van der Waals surface area contributed by atoms with E-state index in [1.54, 1.807) is 21.6 Å². The fourth-order valence-corrected chi connectivity index (χ4v) is 2.56. The Hall–Kier alpha value is -3.08. The van der Waals surface area contributed by atoms with Crippen molar-refractivity contribution in [1.29, 1.82) is 0 Å². The molecule has 0 aliphatic rings. The zero-order valence-electron chi connectivity index (χ0n) is 12.9. The Morgan fingerprint density at radius 1 is 1.00 bits per heavy atom. The third-order valence-electron chi connectivity index (χ3n) is 3.61. The smallest absolute Gasteiger partial charge is 0.339 e. The van der Waals surface area contributed by atoms with Gasteiger partial charge in [0.05, 0.1) is 18.4 Å². The summed E-state index contributed by atoms with van der Waals surface area (Å²) in [5, 5.41) is 0. The highest BCUT2D eigenvalue weighted by Crippen LogP contribution is 2.28. The number of methoxy groups -OCH3 is 1. The molecule has 3 rings (SSSR count). The molecule has 0 bridgehead atoms. The predicted octanol–water partition coefficient (Wildman–Crippen LogP) is 3.41. The molecule has 3 aromatic rings. The summed E-state index contributed by atoms with van der Waals surface area (Å²) in [6.45, 7) is 1.51. The topological polar surface area (TPSA) is 51.0 Å². The number of rotatable bonds is 3. The number of carbonyl (C=O) groups excluding carboxylic acids is 2. The number of hydrogen-bond donors (Lipinski definition) is 0. The first-order chi connectivity index (χ1) is 11.1. The highest BCUT2D eigenvalue weighted by Gasteiger charge is 2.18. The van der Waals surface area contributed by atoms with Crippen LogP contribution in [0.4, 0.5) is 11.5 Å². The number of fused-ring (bicyclic) bond motifs is 1. The van der Waals surface area contributed by atoms with Crippen molar-refractivity contribution in [3.63, 3.8) is 0 Å². The van der Waals surface area contributed by atoms with Crippen molar-refractivity contribution in [3.05, 3.63) is 66.4 Å². The quantitative estimate of drug-likeness (QED) is 0.697. The first-order valence-corrected chi connectivity index (χ1v) is 7.17. The molecule has 0 atom stereocenters. The lowest BCUT2D eigenvalue weighted by Gasteiger charge is -2.21. The molecule has 0 saturated carbocycles. The van der Waals surface area contributed by atoms with Gasteiger partial charge in [0.1, 0.15) is 5.82 Å². The molecule has 0 N–H and O–H groups in total. The summed E-state index contributed by atoms with van der Waals surface area (Å²) < 4.78 is 6.57. The molecule has 2 aromatic heterocycles. The van der Waals surface area contributed by atoms with Crippen LogP contribution in [0.3, 0.4) is 0 Å². The molecule has 0 radical (unpaired) electrons. The summed E-state index contributed by atoms with van der Waals surface area (Å²) >= 11 is 0. The third-order valence-corrected chi connectivity index (χ3v) is 3.61. The largest absolute Gasteiger partial charge is 0.465 e. The van der Waals surface area contributed by atoms with Crippen LogP contribution >= 0.6 is 0 Å². The zero-order chi connectivity index (χ0) is 16.4. The molecule has 0 fully saturated rings. The lowest BCUT2D eigenvalue weighted by Crippen LogP contribution is -2.24. The van der Waals surface area contributed by atoms with Gasteiger partial charge in [-0.3, -0.25) is 9.69 Å². The molecule has 116 valence electrons. The number of aromatic nitrogens is 1. The van der Waals surface area contributed by atoms with Gasteiger partial charge in [-0.15, -0.1) is 0 Å². The number of hydrogen-bond acceptors (Lipinski definition) is 3. The van der Waals surface area contributed by atoms with Crippen molar-refractivity contribution in [2.75, 3.05) is 12.0 Å². The maximum atomic E-state index is 12.2. The number of carbonyl (C=O) groups is 2. The molecule has 5 nitrogen and oxygen atoms in total. The third kappa shape index (κ3) is 2.68. The van der Waals surface area contributed by atoms with Crippen molar-refractivity contribution in [3.8, 4) is 0 Å². The van der Waals surface area contributed by atoms with Crippen LogP contribution in [0.15, 0.2) is 60.8 Å². The van der Waals surface area contributed by atoms with Crippen LogP contribution in [0.25, 0.3) is 5.52 Å². The number of nitrogens with zero attached hydrogens (tertiary/aromatic N) is 2. The predicted molar refractivity (Wildman–Crippen MR) is 88.0 cm³/mol. The SMILES string of the molecule is COC(=O)c1ccc2ccc(N(C(C)=O)c3ccccc3)n2c1. The second-order valence-electron chi connectivity index (χ2n) is 5.09. The Kier molecular flexibility index (Phi) is 3.85. The highest BCUT2D eigenvalue weighted by atomic mass is 16.5. The van der Waals surface area contributed by atoms with Gasteiger partial charge in [0.15, 0.2) is 0 Å². The number of benzene rings is 1. The van der Waals surface area contributed by atoms with Crippen molar-refractivity contribution in [2.45, 2.75) is 6.92 Å². The minimum absolute atomic E-state index is 0.111. The fourth-order valence-electron chi connectivity index (χ4n) is 2.56. The molecule has 0 aliphatic heterocycles. The average molecular weight is 308 g/mol. The standard InChI is InChI=1S/C18H16N2O3/c1-13(21)20(16-6-4-3-5-7-16)17-11-10-15-9-8-14(12-19(15)17)18(22)23-2/h3-12H,1-2H3. The van der Waals surface area contributed by atoms with Gasteiger partial charge in [0.2, 0.25) is 5.91 Å². The van der Waals surface area contributed by atoms with E-state index in [2.05, 4.69) is 0 Å². The zero-order valence-corrected chi connectivity index (χ0v) is 12.9. The van der Waals surface area contributed by atoms with Gasteiger partial charge in [-0.2, -0.15) is 0 Å². The first kappa shape index (κ1) is 14.8. The summed E-state index contributed by atoms with van der Waals surface area (Å²) in [7, 11) is 1.34. The van der Waals surface area contributed by atoms with Crippen LogP contribution in [0.5, 0.6) is 0 Å². The summed E-state index contributed by atoms with van der Waals surface area (Å²) in [5.41, 5.74) is 2.08. The van der Waals surface area contributed by atoms with E-state index < -0.39 is 5.97 Å². The van der Waals surface area contributed by atoms with Crippen LogP contribution in [0.2, 0.25) is 0 Å². The second kappa shape index (κ2) is 5.96. The van der Waals surface area contributed by atoms with Crippen LogP contribution in [-0.2, 0) is 9.53 Å². The Balaban J connectivity index is 2.17. The van der Waals surface area contributed by atoms with E-state index >= 15 is 0 Å². The molecule has 0 saturated heterocycles. The maximum absolute atomic E-state index is 12.2. The van der Waals surface area contributed by atoms with Crippen LogP contribution in [0.1, 0.15) is 17.3 Å². The number of anilines is 2. The van der Waals surface area contributed by atoms with Gasteiger partial charge in [0, 0.05) is 18.6 Å². The molecular weight excluding hydrogens is 292 g/mol. The lowest BCUT2D eigenvalue weighted by molar-refractivity contribution is -0.115. The Labute approximate surface area is 133 Å². The van der Waals surface area contributed by atoms with E-state index in [1.807, 2.05) is 48.5 Å². The van der Waals surface area contributed by atoms with E-state index in [4.69, 9.17) is 4.74 Å². The first-order valence-electron chi connectivity index (χ1n) is 7.17. The molecule has 2 heterocycles. The van der Waals surface area contributed by atoms with Gasteiger partial charge in [0.25, 0.3) is 0 Å². The maximum Gasteiger partial charge on any atom is 0.339 e. The van der Waals surface area contributed by atoms with Gasteiger partial charge >= 0.3 is 5.97 Å². The van der Waals surface area contributed by atoms with Crippen molar-refractivity contribution in [2.24, 2.45) is 0 Å². The molecule has 0 spiro atoms. The highest BCUT2D eigenvalue weighted by molar-refractivity contribution is 5.99. The monoisotopic (exact) mass is 308 g/mol. The van der Waals surface area contributed by atoms with Crippen molar-refractivity contribution in [1.82, 2.24) is 4.40 Å². The molecule has 1 amide bonds. The van der Waals surface area contributed by atoms with E-state index in [0.717, 1.165) is 11.2 Å². The van der Waals surface area contributed by atoms with Crippen molar-refractivity contribution >= 4 is 28.9 Å². The number of pyridine rings is 1. The number of esters is 1. The molecule has 0 unspecified atom stereocenters.